The number of hydrogen-bond acceptors (Lipinski definition) is 7. The number of anilines is 2. The fraction of sp³-hybridized carbons (Fsp3) is 0.179. The summed E-state index contributed by atoms with van der Waals surface area (Å²) in [6, 6.07) is 19.8. The van der Waals surface area contributed by atoms with Crippen molar-refractivity contribution in [2.45, 2.75) is 12.8 Å². The molecule has 1 amide bonds. The van der Waals surface area contributed by atoms with E-state index in [-0.39, 0.29) is 11.8 Å². The molecule has 1 saturated heterocycles. The Bertz CT molecular complexity index is 1480. The van der Waals surface area contributed by atoms with Crippen molar-refractivity contribution in [2.24, 2.45) is 5.92 Å². The van der Waals surface area contributed by atoms with E-state index in [4.69, 9.17) is 9.97 Å². The lowest BCUT2D eigenvalue weighted by Gasteiger charge is -2.32. The number of benzene rings is 1. The first-order valence-corrected chi connectivity index (χ1v) is 12.9. The molecule has 1 fully saturated rings. The Hall–Kier alpha value is -4.17. The Balaban J connectivity index is 1.33. The summed E-state index contributed by atoms with van der Waals surface area (Å²) in [6.07, 6.45) is 6.73. The molecule has 0 aliphatic carbocycles. The van der Waals surface area contributed by atoms with Gasteiger partial charge < -0.3 is 10.2 Å². The van der Waals surface area contributed by atoms with Crippen LogP contribution in [0.2, 0.25) is 0 Å². The number of carbonyl (C=O) groups excluding carboxylic acids is 1. The third kappa shape index (κ3) is 4.43. The molecule has 0 spiro atoms. The standard InChI is InChI=1S/C28H24N6OS/c35-27(31-23-10-4-5-14-30-23)20-11-15-34(16-12-20)26-24-22(19-7-2-1-3-8-19)18-36-28(24)33-25(32-26)21-9-6-13-29-17-21/h1-10,13-14,17-18,20H,11-12,15-16H2,(H,30,31,35). The van der Waals surface area contributed by atoms with Crippen molar-refractivity contribution in [3.05, 3.63) is 84.6 Å². The van der Waals surface area contributed by atoms with Crippen LogP contribution in [-0.4, -0.2) is 38.9 Å². The van der Waals surface area contributed by atoms with Crippen LogP contribution < -0.4 is 10.2 Å². The summed E-state index contributed by atoms with van der Waals surface area (Å²) >= 11 is 1.63. The van der Waals surface area contributed by atoms with Crippen LogP contribution in [0.4, 0.5) is 11.6 Å². The van der Waals surface area contributed by atoms with Gasteiger partial charge in [0.25, 0.3) is 0 Å². The fourth-order valence-corrected chi connectivity index (χ4v) is 5.57. The number of piperidine rings is 1. The predicted molar refractivity (Wildman–Crippen MR) is 144 cm³/mol. The topological polar surface area (TPSA) is 83.9 Å². The van der Waals surface area contributed by atoms with Gasteiger partial charge in [0.15, 0.2) is 5.82 Å². The summed E-state index contributed by atoms with van der Waals surface area (Å²) < 4.78 is 0. The molecule has 0 bridgehead atoms. The summed E-state index contributed by atoms with van der Waals surface area (Å²) in [5.41, 5.74) is 3.17. The van der Waals surface area contributed by atoms with Crippen LogP contribution in [0.3, 0.4) is 0 Å². The van der Waals surface area contributed by atoms with E-state index < -0.39 is 0 Å². The number of thiophene rings is 1. The molecule has 178 valence electrons. The largest absolute Gasteiger partial charge is 0.356 e. The van der Waals surface area contributed by atoms with E-state index in [2.05, 4.69) is 49.8 Å². The quantitative estimate of drug-likeness (QED) is 0.340. The molecule has 4 aromatic heterocycles. The molecule has 36 heavy (non-hydrogen) atoms. The molecule has 1 N–H and O–H groups in total. The van der Waals surface area contributed by atoms with Gasteiger partial charge in [0, 0.05) is 54.1 Å². The summed E-state index contributed by atoms with van der Waals surface area (Å²) in [5, 5.41) is 6.18. The number of aromatic nitrogens is 4. The van der Waals surface area contributed by atoms with Crippen molar-refractivity contribution in [1.29, 1.82) is 0 Å². The van der Waals surface area contributed by atoms with Crippen molar-refractivity contribution >= 4 is 39.1 Å². The van der Waals surface area contributed by atoms with Gasteiger partial charge in [-0.15, -0.1) is 11.3 Å². The Morgan fingerprint density at radius 3 is 2.47 bits per heavy atom. The number of carbonyl (C=O) groups is 1. The molecule has 5 aromatic rings. The second-order valence-corrected chi connectivity index (χ2v) is 9.63. The van der Waals surface area contributed by atoms with E-state index in [0.29, 0.717) is 11.6 Å². The molecule has 1 aliphatic heterocycles. The van der Waals surface area contributed by atoms with Crippen molar-refractivity contribution in [1.82, 2.24) is 19.9 Å². The number of nitrogens with one attached hydrogen (secondary N) is 1. The molecular weight excluding hydrogens is 468 g/mol. The lowest BCUT2D eigenvalue weighted by molar-refractivity contribution is -0.120. The maximum absolute atomic E-state index is 12.9. The molecule has 0 unspecified atom stereocenters. The maximum Gasteiger partial charge on any atom is 0.228 e. The van der Waals surface area contributed by atoms with Crippen LogP contribution in [0.5, 0.6) is 0 Å². The van der Waals surface area contributed by atoms with Gasteiger partial charge in [-0.05, 0) is 42.7 Å². The van der Waals surface area contributed by atoms with Crippen LogP contribution in [-0.2, 0) is 4.79 Å². The second kappa shape index (κ2) is 9.83. The van der Waals surface area contributed by atoms with Gasteiger partial charge in [-0.25, -0.2) is 15.0 Å². The number of amides is 1. The predicted octanol–water partition coefficient (Wildman–Crippen LogP) is 5.67. The lowest BCUT2D eigenvalue weighted by atomic mass is 9.95. The monoisotopic (exact) mass is 492 g/mol. The van der Waals surface area contributed by atoms with Crippen LogP contribution in [0.15, 0.2) is 84.6 Å². The van der Waals surface area contributed by atoms with E-state index >= 15 is 0 Å². The summed E-state index contributed by atoms with van der Waals surface area (Å²) in [4.78, 5) is 34.6. The Labute approximate surface area is 212 Å². The third-order valence-corrected chi connectivity index (χ3v) is 7.37. The zero-order valence-corrected chi connectivity index (χ0v) is 20.4. The van der Waals surface area contributed by atoms with Crippen LogP contribution in [0, 0.1) is 5.92 Å². The smallest absolute Gasteiger partial charge is 0.228 e. The molecule has 0 atom stereocenters. The normalized spacial score (nSPS) is 14.2. The number of pyridine rings is 2. The van der Waals surface area contributed by atoms with Crippen LogP contribution in [0.25, 0.3) is 32.7 Å². The van der Waals surface area contributed by atoms with E-state index in [1.54, 1.807) is 29.9 Å². The van der Waals surface area contributed by atoms with E-state index in [1.807, 2.05) is 36.4 Å². The average Bonchev–Trinajstić information content (AvgIpc) is 3.38. The van der Waals surface area contributed by atoms with Gasteiger partial charge in [-0.3, -0.25) is 9.78 Å². The zero-order valence-electron chi connectivity index (χ0n) is 19.5. The maximum atomic E-state index is 12.9. The molecule has 1 aromatic carbocycles. The first-order valence-electron chi connectivity index (χ1n) is 12.0. The highest BCUT2D eigenvalue weighted by molar-refractivity contribution is 7.17. The van der Waals surface area contributed by atoms with Gasteiger partial charge >= 0.3 is 0 Å². The minimum absolute atomic E-state index is 0.0257. The zero-order chi connectivity index (χ0) is 24.3. The molecule has 6 rings (SSSR count). The van der Waals surface area contributed by atoms with Gasteiger partial charge in [-0.1, -0.05) is 36.4 Å². The Kier molecular flexibility index (Phi) is 6.09. The molecule has 1 aliphatic rings. The highest BCUT2D eigenvalue weighted by Crippen LogP contribution is 2.40. The Morgan fingerprint density at radius 1 is 0.917 bits per heavy atom. The number of nitrogens with zero attached hydrogens (tertiary/aromatic N) is 5. The van der Waals surface area contributed by atoms with Crippen molar-refractivity contribution in [2.75, 3.05) is 23.3 Å². The third-order valence-electron chi connectivity index (χ3n) is 6.50. The van der Waals surface area contributed by atoms with Gasteiger partial charge in [0.1, 0.15) is 16.5 Å². The molecule has 5 heterocycles. The molecule has 0 radical (unpaired) electrons. The van der Waals surface area contributed by atoms with Gasteiger partial charge in [0.05, 0.1) is 5.39 Å². The number of hydrogen-bond donors (Lipinski definition) is 1. The van der Waals surface area contributed by atoms with Crippen molar-refractivity contribution in [3.63, 3.8) is 0 Å². The lowest BCUT2D eigenvalue weighted by Crippen LogP contribution is -2.38. The number of rotatable bonds is 5. The molecule has 0 saturated carbocycles. The fourth-order valence-electron chi connectivity index (χ4n) is 4.63. The van der Waals surface area contributed by atoms with E-state index in [1.165, 1.54) is 0 Å². The van der Waals surface area contributed by atoms with Crippen molar-refractivity contribution in [3.8, 4) is 22.5 Å². The highest BCUT2D eigenvalue weighted by Gasteiger charge is 2.28. The summed E-state index contributed by atoms with van der Waals surface area (Å²) in [6.45, 7) is 1.48. The average molecular weight is 493 g/mol. The van der Waals surface area contributed by atoms with Gasteiger partial charge in [-0.2, -0.15) is 0 Å². The van der Waals surface area contributed by atoms with Gasteiger partial charge in [0.2, 0.25) is 5.91 Å². The molecule has 7 nitrogen and oxygen atoms in total. The van der Waals surface area contributed by atoms with E-state index in [0.717, 1.165) is 58.7 Å². The van der Waals surface area contributed by atoms with Crippen LogP contribution in [0.1, 0.15) is 12.8 Å². The summed E-state index contributed by atoms with van der Waals surface area (Å²) in [7, 11) is 0. The molecular formula is C28H24N6OS. The first kappa shape index (κ1) is 22.3. The Morgan fingerprint density at radius 2 is 1.72 bits per heavy atom. The SMILES string of the molecule is O=C(Nc1ccccn1)C1CCN(c2nc(-c3cccnc3)nc3scc(-c4ccccc4)c23)CC1. The minimum atomic E-state index is -0.0607. The summed E-state index contributed by atoms with van der Waals surface area (Å²) in [5.74, 6) is 2.14. The second-order valence-electron chi connectivity index (χ2n) is 8.77. The molecule has 8 heteroatoms. The minimum Gasteiger partial charge on any atom is -0.356 e. The van der Waals surface area contributed by atoms with Crippen LogP contribution >= 0.6 is 11.3 Å². The van der Waals surface area contributed by atoms with Crippen molar-refractivity contribution < 1.29 is 4.79 Å². The first-order chi connectivity index (χ1) is 17.8. The highest BCUT2D eigenvalue weighted by atomic mass is 32.1. The van der Waals surface area contributed by atoms with E-state index in [9.17, 15) is 4.79 Å². The number of fused-ring (bicyclic) bond motifs is 1.